The Balaban J connectivity index is 2.90. The lowest BCUT2D eigenvalue weighted by atomic mass is 10.3. The van der Waals surface area contributed by atoms with Crippen molar-refractivity contribution in [2.45, 2.75) is 0 Å². The molecule has 5 nitrogen and oxygen atoms in total. The molecule has 0 saturated heterocycles. The van der Waals surface area contributed by atoms with Crippen LogP contribution in [0.5, 0.6) is 5.75 Å². The van der Waals surface area contributed by atoms with Crippen LogP contribution in [0.25, 0.3) is 0 Å². The Bertz CT molecular complexity index is 448. The van der Waals surface area contributed by atoms with Crippen LogP contribution in [0.2, 0.25) is 0 Å². The van der Waals surface area contributed by atoms with E-state index in [-0.39, 0.29) is 5.71 Å². The summed E-state index contributed by atoms with van der Waals surface area (Å²) in [6, 6.07) is 10.5. The van der Waals surface area contributed by atoms with E-state index in [9.17, 15) is 0 Å². The van der Waals surface area contributed by atoms with Crippen LogP contribution in [-0.2, 0) is 0 Å². The Hall–Kier alpha value is -2.53. The van der Waals surface area contributed by atoms with Crippen molar-refractivity contribution in [1.82, 2.24) is 0 Å². The number of methoxy groups -OCH3 is 1. The van der Waals surface area contributed by atoms with Crippen molar-refractivity contribution >= 4 is 11.4 Å². The average molecular weight is 214 g/mol. The van der Waals surface area contributed by atoms with Gasteiger partial charge in [0.25, 0.3) is 0 Å². The minimum Gasteiger partial charge on any atom is -0.497 e. The van der Waals surface area contributed by atoms with Crippen molar-refractivity contribution in [1.29, 1.82) is 10.5 Å². The second-order valence-corrected chi connectivity index (χ2v) is 2.89. The van der Waals surface area contributed by atoms with E-state index in [1.54, 1.807) is 50.6 Å². The van der Waals surface area contributed by atoms with Gasteiger partial charge in [-0.15, -0.1) is 0 Å². The van der Waals surface area contributed by atoms with Gasteiger partial charge in [0.2, 0.25) is 5.71 Å². The summed E-state index contributed by atoms with van der Waals surface area (Å²) in [5, 5.41) is 22.4. The van der Waals surface area contributed by atoms with E-state index in [2.05, 4.69) is 5.10 Å². The number of hydrogen-bond acceptors (Lipinski definition) is 5. The fourth-order valence-electron chi connectivity index (χ4n) is 1.08. The molecule has 0 unspecified atom stereocenters. The Labute approximate surface area is 93.8 Å². The third-order valence-electron chi connectivity index (χ3n) is 1.91. The summed E-state index contributed by atoms with van der Waals surface area (Å²) in [6.07, 6.45) is 0. The number of hydrogen-bond donors (Lipinski definition) is 0. The number of anilines is 1. The Morgan fingerprint density at radius 2 is 1.81 bits per heavy atom. The number of nitriles is 2. The molecule has 0 aliphatic rings. The number of benzene rings is 1. The first-order chi connectivity index (χ1) is 7.71. The van der Waals surface area contributed by atoms with Crippen molar-refractivity contribution < 1.29 is 4.74 Å². The van der Waals surface area contributed by atoms with Crippen LogP contribution >= 0.6 is 0 Å². The summed E-state index contributed by atoms with van der Waals surface area (Å²) in [4.78, 5) is 0. The summed E-state index contributed by atoms with van der Waals surface area (Å²) in [5.41, 5.74) is 0.585. The third kappa shape index (κ3) is 2.73. The van der Waals surface area contributed by atoms with E-state index in [1.807, 2.05) is 0 Å². The van der Waals surface area contributed by atoms with Gasteiger partial charge in [0.05, 0.1) is 12.8 Å². The van der Waals surface area contributed by atoms with Crippen LogP contribution in [0.1, 0.15) is 0 Å². The van der Waals surface area contributed by atoms with Gasteiger partial charge in [-0.1, -0.05) is 0 Å². The van der Waals surface area contributed by atoms with E-state index in [0.29, 0.717) is 0 Å². The molecule has 1 aromatic rings. The van der Waals surface area contributed by atoms with E-state index in [1.165, 1.54) is 5.01 Å². The smallest absolute Gasteiger partial charge is 0.237 e. The Morgan fingerprint density at radius 3 is 2.25 bits per heavy atom. The zero-order valence-corrected chi connectivity index (χ0v) is 9.01. The van der Waals surface area contributed by atoms with Crippen LogP contribution < -0.4 is 9.75 Å². The van der Waals surface area contributed by atoms with Crippen LogP contribution in [0.4, 0.5) is 5.69 Å². The number of nitrogens with zero attached hydrogens (tertiary/aromatic N) is 4. The van der Waals surface area contributed by atoms with Crippen LogP contribution in [0, 0.1) is 22.7 Å². The summed E-state index contributed by atoms with van der Waals surface area (Å²) >= 11 is 0. The second-order valence-electron chi connectivity index (χ2n) is 2.89. The van der Waals surface area contributed by atoms with Crippen molar-refractivity contribution in [2.75, 3.05) is 19.2 Å². The summed E-state index contributed by atoms with van der Waals surface area (Å²) in [7, 11) is 3.25. The largest absolute Gasteiger partial charge is 0.497 e. The van der Waals surface area contributed by atoms with E-state index >= 15 is 0 Å². The topological polar surface area (TPSA) is 72.4 Å². The van der Waals surface area contributed by atoms with Gasteiger partial charge in [0.1, 0.15) is 17.9 Å². The van der Waals surface area contributed by atoms with Crippen molar-refractivity contribution in [3.05, 3.63) is 24.3 Å². The molecule has 0 aliphatic heterocycles. The fraction of sp³-hybridized carbons (Fsp3) is 0.182. The molecule has 0 spiro atoms. The fourth-order valence-corrected chi connectivity index (χ4v) is 1.08. The molecule has 0 saturated carbocycles. The predicted octanol–water partition coefficient (Wildman–Crippen LogP) is 1.53. The highest BCUT2D eigenvalue weighted by Crippen LogP contribution is 2.18. The molecule has 1 aromatic carbocycles. The maximum atomic E-state index is 8.55. The van der Waals surface area contributed by atoms with Gasteiger partial charge >= 0.3 is 0 Å². The van der Waals surface area contributed by atoms with Crippen molar-refractivity contribution in [3.63, 3.8) is 0 Å². The molecule has 0 atom stereocenters. The number of ether oxygens (including phenoxy) is 1. The highest BCUT2D eigenvalue weighted by Gasteiger charge is 2.01. The highest BCUT2D eigenvalue weighted by atomic mass is 16.5. The lowest BCUT2D eigenvalue weighted by Crippen LogP contribution is -2.11. The highest BCUT2D eigenvalue weighted by molar-refractivity contribution is 6.10. The molecular weight excluding hydrogens is 204 g/mol. The van der Waals surface area contributed by atoms with Gasteiger partial charge in [0.15, 0.2) is 0 Å². The molecule has 16 heavy (non-hydrogen) atoms. The zero-order chi connectivity index (χ0) is 12.0. The molecule has 0 aromatic heterocycles. The summed E-state index contributed by atoms with van der Waals surface area (Å²) in [5.74, 6) is 0.738. The lowest BCUT2D eigenvalue weighted by molar-refractivity contribution is 0.415. The van der Waals surface area contributed by atoms with E-state index in [0.717, 1.165) is 11.4 Å². The second kappa shape index (κ2) is 5.38. The first-order valence-corrected chi connectivity index (χ1v) is 4.48. The predicted molar refractivity (Wildman–Crippen MR) is 60.1 cm³/mol. The molecule has 80 valence electrons. The van der Waals surface area contributed by atoms with Gasteiger partial charge in [-0.05, 0) is 24.3 Å². The maximum absolute atomic E-state index is 8.55. The van der Waals surface area contributed by atoms with Crippen LogP contribution in [0.15, 0.2) is 29.4 Å². The molecular formula is C11H10N4O. The van der Waals surface area contributed by atoms with Gasteiger partial charge in [-0.25, -0.2) is 0 Å². The van der Waals surface area contributed by atoms with Crippen molar-refractivity contribution in [3.8, 4) is 17.9 Å². The molecule has 1 rings (SSSR count). The Morgan fingerprint density at radius 1 is 1.25 bits per heavy atom. The maximum Gasteiger partial charge on any atom is 0.237 e. The van der Waals surface area contributed by atoms with Gasteiger partial charge in [0, 0.05) is 7.05 Å². The van der Waals surface area contributed by atoms with Crippen LogP contribution in [-0.4, -0.2) is 19.9 Å². The van der Waals surface area contributed by atoms with Gasteiger partial charge in [-0.2, -0.15) is 15.6 Å². The number of hydrazone groups is 1. The zero-order valence-electron chi connectivity index (χ0n) is 9.01. The quantitative estimate of drug-likeness (QED) is 0.565. The minimum absolute atomic E-state index is 0.182. The molecule has 5 heteroatoms. The van der Waals surface area contributed by atoms with Crippen LogP contribution in [0.3, 0.4) is 0 Å². The minimum atomic E-state index is -0.182. The van der Waals surface area contributed by atoms with Gasteiger partial charge in [-0.3, -0.25) is 5.01 Å². The van der Waals surface area contributed by atoms with Crippen molar-refractivity contribution in [2.24, 2.45) is 5.10 Å². The molecule has 0 amide bonds. The molecule has 0 heterocycles. The standard InChI is InChI=1S/C11H10N4O/c1-15(14-9(7-12)8-13)10-3-5-11(16-2)6-4-10/h3-6H,1-2H3. The average Bonchev–Trinajstić information content (AvgIpc) is 2.35. The normalized spacial score (nSPS) is 8.50. The molecule has 0 N–H and O–H groups in total. The SMILES string of the molecule is COc1ccc(N(C)N=C(C#N)C#N)cc1. The summed E-state index contributed by atoms with van der Waals surface area (Å²) < 4.78 is 5.01. The Kier molecular flexibility index (Phi) is 3.88. The first-order valence-electron chi connectivity index (χ1n) is 4.48. The first kappa shape index (κ1) is 11.5. The molecule has 0 radical (unpaired) electrons. The van der Waals surface area contributed by atoms with E-state index < -0.39 is 0 Å². The monoisotopic (exact) mass is 214 g/mol. The molecule has 0 bridgehead atoms. The molecule has 0 fully saturated rings. The lowest BCUT2D eigenvalue weighted by Gasteiger charge is -2.12. The van der Waals surface area contributed by atoms with Gasteiger partial charge < -0.3 is 4.74 Å². The van der Waals surface area contributed by atoms with E-state index in [4.69, 9.17) is 15.3 Å². The number of rotatable bonds is 3. The third-order valence-corrected chi connectivity index (χ3v) is 1.91. The summed E-state index contributed by atoms with van der Waals surface area (Å²) in [6.45, 7) is 0. The molecule has 0 aliphatic carbocycles.